The van der Waals surface area contributed by atoms with Crippen LogP contribution in [0.1, 0.15) is 39.6 Å². The molecule has 4 nitrogen and oxygen atoms in total. The van der Waals surface area contributed by atoms with Crippen molar-refractivity contribution in [3.8, 4) is 11.8 Å². The van der Waals surface area contributed by atoms with Gasteiger partial charge in [-0.25, -0.2) is 9.67 Å². The lowest BCUT2D eigenvalue weighted by atomic mass is 10.1. The summed E-state index contributed by atoms with van der Waals surface area (Å²) in [6.45, 7) is 7.78. The topological polar surface area (TPSA) is 56.7 Å². The zero-order chi connectivity index (χ0) is 10.8. The van der Waals surface area contributed by atoms with Crippen LogP contribution in [0.5, 0.6) is 0 Å². The van der Waals surface area contributed by atoms with Crippen molar-refractivity contribution >= 4 is 0 Å². The lowest BCUT2D eigenvalue weighted by Crippen LogP contribution is -2.29. The second-order valence-electron chi connectivity index (χ2n) is 4.09. The van der Waals surface area contributed by atoms with Gasteiger partial charge in [-0.1, -0.05) is 5.92 Å². The van der Waals surface area contributed by atoms with Gasteiger partial charge in [-0.05, 0) is 33.6 Å². The van der Waals surface area contributed by atoms with Crippen LogP contribution in [-0.4, -0.2) is 20.3 Å². The molecule has 0 atom stereocenters. The van der Waals surface area contributed by atoms with E-state index in [1.165, 1.54) is 6.33 Å². The fourth-order valence-corrected chi connectivity index (χ4v) is 0.934. The van der Waals surface area contributed by atoms with Crippen LogP contribution in [0.3, 0.4) is 0 Å². The Kier molecular flexibility index (Phi) is 2.92. The first-order valence-electron chi connectivity index (χ1n) is 4.62. The molecule has 0 saturated heterocycles. The summed E-state index contributed by atoms with van der Waals surface area (Å²) in [6.07, 6.45) is 1.51. The van der Waals surface area contributed by atoms with E-state index in [2.05, 4.69) is 21.9 Å². The minimum atomic E-state index is -0.492. The van der Waals surface area contributed by atoms with E-state index in [9.17, 15) is 0 Å². The number of rotatable bonds is 1. The van der Waals surface area contributed by atoms with E-state index in [0.29, 0.717) is 5.82 Å². The van der Waals surface area contributed by atoms with Gasteiger partial charge in [0, 0.05) is 6.04 Å². The number of aromatic nitrogens is 3. The molecule has 0 aliphatic heterocycles. The summed E-state index contributed by atoms with van der Waals surface area (Å²) >= 11 is 0. The van der Waals surface area contributed by atoms with Gasteiger partial charge in [0.1, 0.15) is 6.33 Å². The molecule has 0 aromatic carbocycles. The van der Waals surface area contributed by atoms with E-state index < -0.39 is 5.54 Å². The van der Waals surface area contributed by atoms with Crippen molar-refractivity contribution in [3.05, 3.63) is 12.2 Å². The largest absolute Gasteiger partial charge is 0.316 e. The number of nitrogens with two attached hydrogens (primary N) is 1. The van der Waals surface area contributed by atoms with E-state index in [4.69, 9.17) is 5.73 Å². The van der Waals surface area contributed by atoms with Crippen LogP contribution < -0.4 is 5.73 Å². The molecule has 0 aliphatic carbocycles. The summed E-state index contributed by atoms with van der Waals surface area (Å²) in [5, 5.41) is 4.08. The molecule has 0 bridgehead atoms. The van der Waals surface area contributed by atoms with Crippen molar-refractivity contribution in [2.75, 3.05) is 0 Å². The summed E-state index contributed by atoms with van der Waals surface area (Å²) in [6, 6.07) is 0.266. The molecule has 0 radical (unpaired) electrons. The second-order valence-corrected chi connectivity index (χ2v) is 4.09. The average molecular weight is 192 g/mol. The molecule has 2 N–H and O–H groups in total. The predicted octanol–water partition coefficient (Wildman–Crippen LogP) is 0.948. The molecular formula is C10H16N4. The van der Waals surface area contributed by atoms with Gasteiger partial charge in [0.15, 0.2) is 0 Å². The molecule has 0 spiro atoms. The van der Waals surface area contributed by atoms with Crippen LogP contribution in [0, 0.1) is 11.8 Å². The lowest BCUT2D eigenvalue weighted by Gasteiger charge is -2.08. The van der Waals surface area contributed by atoms with Gasteiger partial charge in [-0.3, -0.25) is 0 Å². The maximum atomic E-state index is 5.75. The highest BCUT2D eigenvalue weighted by molar-refractivity contribution is 5.25. The summed E-state index contributed by atoms with van der Waals surface area (Å²) < 4.78 is 1.78. The van der Waals surface area contributed by atoms with Gasteiger partial charge in [-0.15, -0.1) is 0 Å². The Morgan fingerprint density at radius 2 is 2.14 bits per heavy atom. The minimum Gasteiger partial charge on any atom is -0.316 e. The zero-order valence-electron chi connectivity index (χ0n) is 9.07. The molecule has 0 amide bonds. The maximum absolute atomic E-state index is 5.75. The molecule has 0 fully saturated rings. The standard InChI is InChI=1S/C10H16N4/c1-8(2)14-9(12-7-13-14)5-6-10(3,4)11/h7-8H,11H2,1-4H3. The normalized spacial score (nSPS) is 11.3. The first kappa shape index (κ1) is 10.7. The van der Waals surface area contributed by atoms with Crippen LogP contribution in [0.15, 0.2) is 6.33 Å². The SMILES string of the molecule is CC(C)n1ncnc1C#CC(C)(C)N. The Labute approximate surface area is 84.5 Å². The molecule has 14 heavy (non-hydrogen) atoms. The molecule has 1 aromatic heterocycles. The van der Waals surface area contributed by atoms with E-state index in [1.54, 1.807) is 4.68 Å². The van der Waals surface area contributed by atoms with Crippen LogP contribution >= 0.6 is 0 Å². The Morgan fingerprint density at radius 3 is 2.64 bits per heavy atom. The minimum absolute atomic E-state index is 0.266. The Hall–Kier alpha value is -1.34. The molecule has 0 aliphatic rings. The van der Waals surface area contributed by atoms with E-state index in [1.807, 2.05) is 27.7 Å². The fraction of sp³-hybridized carbons (Fsp3) is 0.600. The molecule has 1 heterocycles. The van der Waals surface area contributed by atoms with Gasteiger partial charge in [0.2, 0.25) is 5.82 Å². The molecule has 76 valence electrons. The molecule has 4 heteroatoms. The Balaban J connectivity index is 2.96. The van der Waals surface area contributed by atoms with E-state index in [-0.39, 0.29) is 6.04 Å². The van der Waals surface area contributed by atoms with Crippen molar-refractivity contribution in [2.45, 2.75) is 39.3 Å². The number of nitrogens with zero attached hydrogens (tertiary/aromatic N) is 3. The van der Waals surface area contributed by atoms with Gasteiger partial charge in [0.25, 0.3) is 0 Å². The van der Waals surface area contributed by atoms with Gasteiger partial charge in [0.05, 0.1) is 5.54 Å². The molecule has 0 unspecified atom stereocenters. The first-order valence-corrected chi connectivity index (χ1v) is 4.62. The van der Waals surface area contributed by atoms with Crippen molar-refractivity contribution in [2.24, 2.45) is 5.73 Å². The summed E-state index contributed by atoms with van der Waals surface area (Å²) in [5.41, 5.74) is 5.25. The highest BCUT2D eigenvalue weighted by Crippen LogP contribution is 2.04. The van der Waals surface area contributed by atoms with E-state index >= 15 is 0 Å². The fourth-order valence-electron chi connectivity index (χ4n) is 0.934. The summed E-state index contributed by atoms with van der Waals surface area (Å²) in [7, 11) is 0. The van der Waals surface area contributed by atoms with Crippen molar-refractivity contribution in [1.29, 1.82) is 0 Å². The van der Waals surface area contributed by atoms with Gasteiger partial charge >= 0.3 is 0 Å². The average Bonchev–Trinajstić information content (AvgIpc) is 2.46. The highest BCUT2D eigenvalue weighted by atomic mass is 15.3. The predicted molar refractivity (Wildman–Crippen MR) is 55.6 cm³/mol. The Morgan fingerprint density at radius 1 is 1.50 bits per heavy atom. The summed E-state index contributed by atoms with van der Waals surface area (Å²) in [4.78, 5) is 4.06. The quantitative estimate of drug-likeness (QED) is 0.674. The third kappa shape index (κ3) is 2.86. The summed E-state index contributed by atoms with van der Waals surface area (Å²) in [5.74, 6) is 6.52. The molecule has 1 rings (SSSR count). The lowest BCUT2D eigenvalue weighted by molar-refractivity contribution is 0.525. The van der Waals surface area contributed by atoms with Crippen LogP contribution in [0.25, 0.3) is 0 Å². The molecule has 0 saturated carbocycles. The first-order chi connectivity index (χ1) is 6.40. The van der Waals surface area contributed by atoms with Crippen LogP contribution in [0.4, 0.5) is 0 Å². The number of hydrogen-bond donors (Lipinski definition) is 1. The Bertz CT molecular complexity index is 359. The third-order valence-corrected chi connectivity index (χ3v) is 1.56. The van der Waals surface area contributed by atoms with Crippen LogP contribution in [0.2, 0.25) is 0 Å². The molecular weight excluding hydrogens is 176 g/mol. The monoisotopic (exact) mass is 192 g/mol. The maximum Gasteiger partial charge on any atom is 0.203 e. The van der Waals surface area contributed by atoms with Crippen molar-refractivity contribution in [1.82, 2.24) is 14.8 Å². The van der Waals surface area contributed by atoms with Gasteiger partial charge < -0.3 is 5.73 Å². The zero-order valence-corrected chi connectivity index (χ0v) is 9.07. The third-order valence-electron chi connectivity index (χ3n) is 1.56. The second kappa shape index (κ2) is 3.81. The van der Waals surface area contributed by atoms with Crippen molar-refractivity contribution < 1.29 is 0 Å². The van der Waals surface area contributed by atoms with Crippen molar-refractivity contribution in [3.63, 3.8) is 0 Å². The molecule has 1 aromatic rings. The smallest absolute Gasteiger partial charge is 0.203 e. The highest BCUT2D eigenvalue weighted by Gasteiger charge is 2.07. The van der Waals surface area contributed by atoms with Crippen LogP contribution in [-0.2, 0) is 0 Å². The number of hydrogen-bond acceptors (Lipinski definition) is 3. The van der Waals surface area contributed by atoms with E-state index in [0.717, 1.165) is 0 Å². The van der Waals surface area contributed by atoms with Gasteiger partial charge in [-0.2, -0.15) is 5.10 Å².